The highest BCUT2D eigenvalue weighted by atomic mass is 79.9. The average Bonchev–Trinajstić information content (AvgIpc) is 2.58. The van der Waals surface area contributed by atoms with E-state index in [1.54, 1.807) is 0 Å². The Bertz CT molecular complexity index is 219. The van der Waals surface area contributed by atoms with Crippen molar-refractivity contribution in [1.29, 1.82) is 0 Å². The van der Waals surface area contributed by atoms with Gasteiger partial charge in [0.15, 0.2) is 0 Å². The molecule has 0 aliphatic rings. The lowest BCUT2D eigenvalue weighted by Crippen LogP contribution is -2.49. The fourth-order valence-corrected chi connectivity index (χ4v) is 3.13. The van der Waals surface area contributed by atoms with Gasteiger partial charge in [0, 0.05) is 0 Å². The van der Waals surface area contributed by atoms with E-state index in [9.17, 15) is 0 Å². The Morgan fingerprint density at radius 1 is 0.458 bits per heavy atom. The minimum atomic E-state index is 0. The van der Waals surface area contributed by atoms with E-state index in [1.807, 2.05) is 0 Å². The van der Waals surface area contributed by atoms with Crippen LogP contribution in [0.1, 0.15) is 41.5 Å². The van der Waals surface area contributed by atoms with Crippen molar-refractivity contribution in [2.24, 2.45) is 0 Å². The van der Waals surface area contributed by atoms with Crippen LogP contribution in [0.2, 0.25) is 0 Å². The molecule has 0 aromatic rings. The molecule has 0 fully saturated rings. The van der Waals surface area contributed by atoms with E-state index >= 15 is 0 Å². The summed E-state index contributed by atoms with van der Waals surface area (Å²) in [6, 6.07) is 0. The van der Waals surface area contributed by atoms with Crippen LogP contribution in [0.15, 0.2) is 0 Å². The highest BCUT2D eigenvalue weighted by Gasteiger charge is 2.20. The smallest absolute Gasteiger partial charge is 0.102 e. The molecule has 0 amide bonds. The van der Waals surface area contributed by atoms with E-state index < -0.39 is 0 Å². The maximum Gasteiger partial charge on any atom is 0.102 e. The molecule has 0 heterocycles. The maximum atomic E-state index is 5.76. The third kappa shape index (κ3) is 10.7. The van der Waals surface area contributed by atoms with E-state index in [2.05, 4.69) is 41.5 Å². The maximum absolute atomic E-state index is 5.76. The number of quaternary nitrogens is 2. The molecule has 0 spiro atoms. The number of rotatable bonds is 15. The summed E-state index contributed by atoms with van der Waals surface area (Å²) in [5.74, 6) is 0. The first-order valence-corrected chi connectivity index (χ1v) is 9.43. The summed E-state index contributed by atoms with van der Waals surface area (Å²) in [5.41, 5.74) is 0. The van der Waals surface area contributed by atoms with Gasteiger partial charge in [-0.1, -0.05) is 0 Å². The predicted octanol–water partition coefficient (Wildman–Crippen LogP) is 3.93. The quantitative estimate of drug-likeness (QED) is 0.261. The second-order valence-electron chi connectivity index (χ2n) is 6.25. The van der Waals surface area contributed by atoms with Gasteiger partial charge < -0.3 is 18.4 Å². The van der Waals surface area contributed by atoms with E-state index in [4.69, 9.17) is 9.47 Å². The lowest BCUT2D eigenvalue weighted by Gasteiger charge is -2.35. The molecule has 0 aliphatic heterocycles. The van der Waals surface area contributed by atoms with Crippen molar-refractivity contribution in [2.75, 3.05) is 78.8 Å². The van der Waals surface area contributed by atoms with Crippen LogP contribution in [0.3, 0.4) is 0 Å². The van der Waals surface area contributed by atoms with Gasteiger partial charge in [0.2, 0.25) is 0 Å². The lowest BCUT2D eigenvalue weighted by atomic mass is 10.3. The topological polar surface area (TPSA) is 18.5 Å². The van der Waals surface area contributed by atoms with Gasteiger partial charge in [-0.3, -0.25) is 0 Å². The molecule has 0 bridgehead atoms. The zero-order chi connectivity index (χ0) is 16.9. The number of nitrogens with zero attached hydrogens (tertiary/aromatic N) is 2. The van der Waals surface area contributed by atoms with Crippen molar-refractivity contribution in [3.05, 3.63) is 0 Å². The summed E-state index contributed by atoms with van der Waals surface area (Å²) in [7, 11) is 0. The summed E-state index contributed by atoms with van der Waals surface area (Å²) < 4.78 is 13.8. The number of ether oxygens (including phenoxy) is 2. The first-order valence-electron chi connectivity index (χ1n) is 9.43. The lowest BCUT2D eigenvalue weighted by molar-refractivity contribution is -0.923. The highest BCUT2D eigenvalue weighted by Crippen LogP contribution is 2.06. The van der Waals surface area contributed by atoms with E-state index in [0.29, 0.717) is 0 Å². The van der Waals surface area contributed by atoms with Crippen molar-refractivity contribution in [1.82, 2.24) is 0 Å². The van der Waals surface area contributed by atoms with Crippen LogP contribution >= 0.6 is 34.0 Å². The first-order chi connectivity index (χ1) is 10.6. The van der Waals surface area contributed by atoms with Crippen molar-refractivity contribution in [3.63, 3.8) is 0 Å². The standard InChI is InChI=1S/C18H42N2O2.2BrH/c1-7-19(8-2,9-3)13-15-21-17-18-22-16-14-20(10-4,11-5)12-6;;/h7-18H2,1-6H3;2*1H/q+2;;. The molecule has 4 nitrogen and oxygen atoms in total. The van der Waals surface area contributed by atoms with Crippen LogP contribution in [0.25, 0.3) is 0 Å². The monoisotopic (exact) mass is 478 g/mol. The minimum absolute atomic E-state index is 0. The minimum Gasteiger partial charge on any atom is -0.373 e. The molecule has 0 N–H and O–H groups in total. The highest BCUT2D eigenvalue weighted by molar-refractivity contribution is 8.93. The summed E-state index contributed by atoms with van der Waals surface area (Å²) >= 11 is 0. The van der Waals surface area contributed by atoms with Gasteiger partial charge in [0.25, 0.3) is 0 Å². The molecular formula is C18H44Br2N2O2+2. The van der Waals surface area contributed by atoms with Gasteiger partial charge in [0.05, 0.1) is 65.7 Å². The second kappa shape index (κ2) is 17.2. The molecule has 150 valence electrons. The SMILES string of the molecule is Br.Br.CC[N+](CC)(CC)CCOCCOCC[N+](CC)(CC)CC. The van der Waals surface area contributed by atoms with Crippen LogP contribution in [-0.2, 0) is 9.47 Å². The normalized spacial score (nSPS) is 11.8. The largest absolute Gasteiger partial charge is 0.373 e. The molecule has 0 saturated carbocycles. The molecule has 24 heavy (non-hydrogen) atoms. The Morgan fingerprint density at radius 2 is 0.708 bits per heavy atom. The van der Waals surface area contributed by atoms with Crippen LogP contribution in [0.5, 0.6) is 0 Å². The van der Waals surface area contributed by atoms with Crippen molar-refractivity contribution < 1.29 is 18.4 Å². The molecule has 0 radical (unpaired) electrons. The van der Waals surface area contributed by atoms with Crippen LogP contribution in [-0.4, -0.2) is 87.8 Å². The summed E-state index contributed by atoms with van der Waals surface area (Å²) in [4.78, 5) is 0. The number of halogens is 2. The number of hydrogen-bond donors (Lipinski definition) is 0. The molecule has 6 heteroatoms. The van der Waals surface area contributed by atoms with Gasteiger partial charge in [0.1, 0.15) is 13.1 Å². The van der Waals surface area contributed by atoms with Crippen LogP contribution < -0.4 is 0 Å². The van der Waals surface area contributed by atoms with Gasteiger partial charge in [-0.15, -0.1) is 34.0 Å². The van der Waals surface area contributed by atoms with Gasteiger partial charge >= 0.3 is 0 Å². The van der Waals surface area contributed by atoms with Crippen LogP contribution in [0, 0.1) is 0 Å². The second-order valence-corrected chi connectivity index (χ2v) is 6.25. The van der Waals surface area contributed by atoms with Gasteiger partial charge in [-0.25, -0.2) is 0 Å². The average molecular weight is 480 g/mol. The van der Waals surface area contributed by atoms with Gasteiger partial charge in [-0.2, -0.15) is 0 Å². The molecule has 0 aromatic heterocycles. The fraction of sp³-hybridized carbons (Fsp3) is 1.00. The summed E-state index contributed by atoms with van der Waals surface area (Å²) in [6.07, 6.45) is 0. The number of hydrogen-bond acceptors (Lipinski definition) is 2. The van der Waals surface area contributed by atoms with Crippen molar-refractivity contribution in [2.45, 2.75) is 41.5 Å². The molecule has 0 aromatic carbocycles. The molecule has 0 saturated heterocycles. The Kier molecular flexibility index (Phi) is 21.2. The summed E-state index contributed by atoms with van der Waals surface area (Å²) in [5, 5.41) is 0. The predicted molar refractivity (Wildman–Crippen MR) is 116 cm³/mol. The molecular weight excluding hydrogens is 436 g/mol. The fourth-order valence-electron chi connectivity index (χ4n) is 3.13. The van der Waals surface area contributed by atoms with E-state index in [0.717, 1.165) is 48.5 Å². The Hall–Kier alpha value is 0.800. The molecule has 0 aliphatic carbocycles. The number of likely N-dealkylation sites (N-methyl/N-ethyl adjacent to an activating group) is 2. The van der Waals surface area contributed by atoms with Crippen molar-refractivity contribution in [3.8, 4) is 0 Å². The van der Waals surface area contributed by atoms with E-state index in [1.165, 1.54) is 39.3 Å². The Morgan fingerprint density at radius 3 is 0.917 bits per heavy atom. The Labute approximate surface area is 172 Å². The van der Waals surface area contributed by atoms with Crippen LogP contribution in [0.4, 0.5) is 0 Å². The first kappa shape index (κ1) is 29.6. The zero-order valence-electron chi connectivity index (χ0n) is 17.0. The molecule has 0 rings (SSSR count). The third-order valence-corrected chi connectivity index (χ3v) is 5.82. The zero-order valence-corrected chi connectivity index (χ0v) is 20.4. The molecule has 0 unspecified atom stereocenters. The van der Waals surface area contributed by atoms with Crippen molar-refractivity contribution >= 4 is 34.0 Å². The summed E-state index contributed by atoms with van der Waals surface area (Å²) in [6.45, 7) is 26.2. The molecule has 0 atom stereocenters. The van der Waals surface area contributed by atoms with E-state index in [-0.39, 0.29) is 34.0 Å². The Balaban J connectivity index is -0.00000220. The van der Waals surface area contributed by atoms with Gasteiger partial charge in [-0.05, 0) is 41.5 Å². The third-order valence-electron chi connectivity index (χ3n) is 5.82.